The first kappa shape index (κ1) is 14.3. The van der Waals surface area contributed by atoms with Crippen molar-refractivity contribution < 1.29 is 0 Å². The van der Waals surface area contributed by atoms with Crippen LogP contribution < -0.4 is 5.73 Å². The number of rotatable bonds is 4. The Morgan fingerprint density at radius 2 is 1.81 bits per heavy atom. The summed E-state index contributed by atoms with van der Waals surface area (Å²) in [4.78, 5) is 4.69. The van der Waals surface area contributed by atoms with E-state index in [1.54, 1.807) is 0 Å². The first-order valence-electron chi connectivity index (χ1n) is 7.04. The van der Waals surface area contributed by atoms with Crippen LogP contribution in [0.15, 0.2) is 53.0 Å². The van der Waals surface area contributed by atoms with Gasteiger partial charge >= 0.3 is 0 Å². The molecular weight excluding hydrogens is 326 g/mol. The number of hydrogen-bond acceptors (Lipinski definition) is 2. The normalized spacial score (nSPS) is 12.7. The zero-order chi connectivity index (χ0) is 14.8. The molecule has 0 aliphatic carbocycles. The molecule has 108 valence electrons. The fourth-order valence-corrected chi connectivity index (χ4v) is 3.08. The van der Waals surface area contributed by atoms with E-state index in [2.05, 4.69) is 50.7 Å². The van der Waals surface area contributed by atoms with Crippen molar-refractivity contribution in [1.82, 2.24) is 9.55 Å². The lowest BCUT2D eigenvalue weighted by Gasteiger charge is -2.12. The average molecular weight is 344 g/mol. The van der Waals surface area contributed by atoms with E-state index < -0.39 is 0 Å². The third-order valence-electron chi connectivity index (χ3n) is 3.76. The van der Waals surface area contributed by atoms with Crippen LogP contribution in [-0.4, -0.2) is 15.6 Å². The van der Waals surface area contributed by atoms with Crippen LogP contribution >= 0.6 is 15.9 Å². The SMILES string of the molecule is Cn1c(CC(N)Cc2ccccc2Br)nc2ccccc21. The Hall–Kier alpha value is -1.65. The van der Waals surface area contributed by atoms with Gasteiger partial charge < -0.3 is 10.3 Å². The van der Waals surface area contributed by atoms with Crippen molar-refractivity contribution in [2.24, 2.45) is 12.8 Å². The van der Waals surface area contributed by atoms with Gasteiger partial charge in [0.1, 0.15) is 5.82 Å². The van der Waals surface area contributed by atoms with E-state index in [9.17, 15) is 0 Å². The van der Waals surface area contributed by atoms with Crippen molar-refractivity contribution in [2.75, 3.05) is 0 Å². The topological polar surface area (TPSA) is 43.8 Å². The summed E-state index contributed by atoms with van der Waals surface area (Å²) < 4.78 is 3.25. The molecule has 0 amide bonds. The molecule has 0 radical (unpaired) electrons. The highest BCUT2D eigenvalue weighted by atomic mass is 79.9. The molecule has 1 aromatic heterocycles. The number of benzene rings is 2. The number of imidazole rings is 1. The van der Waals surface area contributed by atoms with Gasteiger partial charge in [-0.25, -0.2) is 4.98 Å². The second kappa shape index (κ2) is 6.00. The molecule has 2 aromatic carbocycles. The van der Waals surface area contributed by atoms with Crippen molar-refractivity contribution in [1.29, 1.82) is 0 Å². The minimum atomic E-state index is 0.0548. The van der Waals surface area contributed by atoms with Crippen LogP contribution in [0, 0.1) is 0 Å². The molecule has 0 saturated carbocycles. The van der Waals surface area contributed by atoms with Crippen LogP contribution in [0.5, 0.6) is 0 Å². The smallest absolute Gasteiger partial charge is 0.111 e. The van der Waals surface area contributed by atoms with E-state index in [4.69, 9.17) is 5.73 Å². The monoisotopic (exact) mass is 343 g/mol. The molecule has 0 spiro atoms. The molecule has 0 bridgehead atoms. The van der Waals surface area contributed by atoms with Crippen molar-refractivity contribution in [3.63, 3.8) is 0 Å². The first-order chi connectivity index (χ1) is 10.1. The van der Waals surface area contributed by atoms with Crippen LogP contribution in [0.2, 0.25) is 0 Å². The molecule has 3 rings (SSSR count). The van der Waals surface area contributed by atoms with Gasteiger partial charge in [0.05, 0.1) is 11.0 Å². The summed E-state index contributed by atoms with van der Waals surface area (Å²) in [5.41, 5.74) is 9.75. The minimum absolute atomic E-state index is 0.0548. The molecule has 3 nitrogen and oxygen atoms in total. The third kappa shape index (κ3) is 3.01. The van der Waals surface area contributed by atoms with Gasteiger partial charge in [-0.3, -0.25) is 0 Å². The summed E-state index contributed by atoms with van der Waals surface area (Å²) in [5, 5.41) is 0. The largest absolute Gasteiger partial charge is 0.331 e. The molecule has 1 atom stereocenters. The van der Waals surface area contributed by atoms with Gasteiger partial charge in [0.25, 0.3) is 0 Å². The van der Waals surface area contributed by atoms with Crippen LogP contribution in [-0.2, 0) is 19.9 Å². The minimum Gasteiger partial charge on any atom is -0.331 e. The second-order valence-electron chi connectivity index (χ2n) is 5.34. The fourth-order valence-electron chi connectivity index (χ4n) is 2.63. The number of aryl methyl sites for hydroxylation is 1. The van der Waals surface area contributed by atoms with Gasteiger partial charge in [-0.15, -0.1) is 0 Å². The fraction of sp³-hybridized carbons (Fsp3) is 0.235. The quantitative estimate of drug-likeness (QED) is 0.788. The highest BCUT2D eigenvalue weighted by molar-refractivity contribution is 9.10. The highest BCUT2D eigenvalue weighted by Gasteiger charge is 2.13. The van der Waals surface area contributed by atoms with Gasteiger partial charge in [-0.2, -0.15) is 0 Å². The number of fused-ring (bicyclic) bond motifs is 1. The molecule has 0 aliphatic rings. The molecule has 1 unspecified atom stereocenters. The predicted molar refractivity (Wildman–Crippen MR) is 90.2 cm³/mol. The molecule has 0 aliphatic heterocycles. The Morgan fingerprint density at radius 1 is 1.10 bits per heavy atom. The van der Waals surface area contributed by atoms with E-state index in [1.807, 2.05) is 30.3 Å². The van der Waals surface area contributed by atoms with Crippen molar-refractivity contribution in [3.05, 3.63) is 64.4 Å². The van der Waals surface area contributed by atoms with Crippen LogP contribution in [0.25, 0.3) is 11.0 Å². The Morgan fingerprint density at radius 3 is 2.57 bits per heavy atom. The molecule has 3 aromatic rings. The third-order valence-corrected chi connectivity index (χ3v) is 4.54. The lowest BCUT2D eigenvalue weighted by Crippen LogP contribution is -2.27. The number of halogens is 1. The Balaban J connectivity index is 1.79. The number of nitrogens with two attached hydrogens (primary N) is 1. The molecule has 21 heavy (non-hydrogen) atoms. The average Bonchev–Trinajstić information content (AvgIpc) is 2.78. The van der Waals surface area contributed by atoms with E-state index in [0.717, 1.165) is 34.2 Å². The molecule has 4 heteroatoms. The number of hydrogen-bond donors (Lipinski definition) is 1. The maximum Gasteiger partial charge on any atom is 0.111 e. The molecular formula is C17H18BrN3. The summed E-state index contributed by atoms with van der Waals surface area (Å²) in [6.07, 6.45) is 1.61. The summed E-state index contributed by atoms with van der Waals surface area (Å²) in [6.45, 7) is 0. The van der Waals surface area contributed by atoms with Crippen LogP contribution in [0.1, 0.15) is 11.4 Å². The molecule has 0 fully saturated rings. The zero-order valence-corrected chi connectivity index (χ0v) is 13.5. The van der Waals surface area contributed by atoms with E-state index in [1.165, 1.54) is 5.56 Å². The maximum atomic E-state index is 6.32. The Labute approximate surface area is 132 Å². The van der Waals surface area contributed by atoms with Crippen molar-refractivity contribution >= 4 is 27.0 Å². The van der Waals surface area contributed by atoms with E-state index in [0.29, 0.717) is 0 Å². The Kier molecular flexibility index (Phi) is 4.08. The van der Waals surface area contributed by atoms with Gasteiger partial charge in [-0.1, -0.05) is 46.3 Å². The molecule has 1 heterocycles. The van der Waals surface area contributed by atoms with Gasteiger partial charge in [0.15, 0.2) is 0 Å². The maximum absolute atomic E-state index is 6.32. The molecule has 0 saturated heterocycles. The first-order valence-corrected chi connectivity index (χ1v) is 7.84. The number of para-hydroxylation sites is 2. The Bertz CT molecular complexity index is 764. The van der Waals surface area contributed by atoms with Crippen molar-refractivity contribution in [3.8, 4) is 0 Å². The van der Waals surface area contributed by atoms with Crippen LogP contribution in [0.3, 0.4) is 0 Å². The summed E-state index contributed by atoms with van der Waals surface area (Å²) >= 11 is 3.58. The molecule has 2 N–H and O–H groups in total. The second-order valence-corrected chi connectivity index (χ2v) is 6.19. The summed E-state index contributed by atoms with van der Waals surface area (Å²) in [5.74, 6) is 1.04. The predicted octanol–water partition coefficient (Wildman–Crippen LogP) is 3.45. The highest BCUT2D eigenvalue weighted by Crippen LogP contribution is 2.19. The lowest BCUT2D eigenvalue weighted by atomic mass is 10.0. The van der Waals surface area contributed by atoms with Crippen molar-refractivity contribution in [2.45, 2.75) is 18.9 Å². The van der Waals surface area contributed by atoms with E-state index in [-0.39, 0.29) is 6.04 Å². The van der Waals surface area contributed by atoms with E-state index >= 15 is 0 Å². The van der Waals surface area contributed by atoms with Gasteiger partial charge in [0, 0.05) is 24.0 Å². The van der Waals surface area contributed by atoms with Gasteiger partial charge in [-0.05, 0) is 30.2 Å². The van der Waals surface area contributed by atoms with Gasteiger partial charge in [0.2, 0.25) is 0 Å². The number of aromatic nitrogens is 2. The standard InChI is InChI=1S/C17H18BrN3/c1-21-16-9-5-4-8-15(16)20-17(21)11-13(19)10-12-6-2-3-7-14(12)18/h2-9,13H,10-11,19H2,1H3. The van der Waals surface area contributed by atoms with Crippen LogP contribution in [0.4, 0.5) is 0 Å². The summed E-state index contributed by atoms with van der Waals surface area (Å²) in [7, 11) is 2.05. The lowest BCUT2D eigenvalue weighted by molar-refractivity contribution is 0.625. The summed E-state index contributed by atoms with van der Waals surface area (Å²) in [6, 6.07) is 16.5. The zero-order valence-electron chi connectivity index (χ0n) is 12.0. The number of nitrogens with zero attached hydrogens (tertiary/aromatic N) is 2.